The SMILES string of the molecule is C#Cc1cc2[se]c(-c3ccc(N(c4ccccc4)c4ccccc4)cc3)cc2[se]1. The number of benzene rings is 3. The molecule has 0 amide bonds. The number of hydrogen-bond donors (Lipinski definition) is 0. The van der Waals surface area contributed by atoms with Gasteiger partial charge in [-0.2, -0.15) is 0 Å². The Morgan fingerprint density at radius 2 is 1.17 bits per heavy atom. The third-order valence-electron chi connectivity index (χ3n) is 4.79. The maximum absolute atomic E-state index is 5.58. The predicted octanol–water partition coefficient (Wildman–Crippen LogP) is 6.07. The summed E-state index contributed by atoms with van der Waals surface area (Å²) in [6.45, 7) is 0. The summed E-state index contributed by atoms with van der Waals surface area (Å²) in [5, 5.41) is 0. The molecule has 3 heteroatoms. The van der Waals surface area contributed by atoms with Crippen molar-refractivity contribution < 1.29 is 0 Å². The van der Waals surface area contributed by atoms with Crippen LogP contribution in [0.25, 0.3) is 18.5 Å². The summed E-state index contributed by atoms with van der Waals surface area (Å²) in [5.41, 5.74) is 4.80. The van der Waals surface area contributed by atoms with E-state index in [4.69, 9.17) is 6.42 Å². The van der Waals surface area contributed by atoms with Crippen LogP contribution in [0, 0.1) is 12.3 Å². The van der Waals surface area contributed by atoms with E-state index in [0.717, 1.165) is 17.1 Å². The predicted molar refractivity (Wildman–Crippen MR) is 126 cm³/mol. The molecule has 0 fully saturated rings. The zero-order valence-corrected chi connectivity index (χ0v) is 19.0. The van der Waals surface area contributed by atoms with Crippen molar-refractivity contribution in [2.45, 2.75) is 0 Å². The normalized spacial score (nSPS) is 10.7. The van der Waals surface area contributed by atoms with Gasteiger partial charge in [0, 0.05) is 0 Å². The molecule has 138 valence electrons. The third kappa shape index (κ3) is 3.65. The van der Waals surface area contributed by atoms with Crippen LogP contribution in [-0.4, -0.2) is 29.0 Å². The zero-order valence-electron chi connectivity index (χ0n) is 15.6. The van der Waals surface area contributed by atoms with E-state index in [1.54, 1.807) is 0 Å². The van der Waals surface area contributed by atoms with Gasteiger partial charge in [0.25, 0.3) is 0 Å². The van der Waals surface area contributed by atoms with E-state index in [2.05, 4.69) is 108 Å². The molecule has 0 atom stereocenters. The van der Waals surface area contributed by atoms with Gasteiger partial charge in [-0.3, -0.25) is 0 Å². The van der Waals surface area contributed by atoms with Crippen molar-refractivity contribution in [3.8, 4) is 22.3 Å². The van der Waals surface area contributed by atoms with Crippen LogP contribution in [0.1, 0.15) is 4.44 Å². The molecule has 2 heterocycles. The fourth-order valence-corrected chi connectivity index (χ4v) is 8.89. The molecular weight excluding hydrogens is 484 g/mol. The Labute approximate surface area is 182 Å². The van der Waals surface area contributed by atoms with Crippen molar-refractivity contribution in [3.05, 3.63) is 101 Å². The average molecular weight is 501 g/mol. The summed E-state index contributed by atoms with van der Waals surface area (Å²) in [6, 6.07) is 34.6. The van der Waals surface area contributed by atoms with Crippen molar-refractivity contribution in [1.82, 2.24) is 0 Å². The standard InChI is InChI=1S/C26H17NSe2/c1-2-23-17-25-26(28-23)18-24(29-25)19-13-15-22(16-14-19)27(20-9-5-3-6-10-20)21-11-7-4-8-12-21/h1,3-18H. The fraction of sp³-hybridized carbons (Fsp3) is 0. The van der Waals surface area contributed by atoms with E-state index < -0.39 is 0 Å². The van der Waals surface area contributed by atoms with Crippen molar-refractivity contribution in [2.75, 3.05) is 4.90 Å². The van der Waals surface area contributed by atoms with Crippen LogP contribution >= 0.6 is 0 Å². The minimum absolute atomic E-state index is 0.324. The summed E-state index contributed by atoms with van der Waals surface area (Å²) in [7, 11) is 0. The Morgan fingerprint density at radius 1 is 0.621 bits per heavy atom. The molecule has 29 heavy (non-hydrogen) atoms. The van der Waals surface area contributed by atoms with Crippen molar-refractivity contribution in [2.24, 2.45) is 0 Å². The molecule has 5 aromatic rings. The number of fused-ring (bicyclic) bond motifs is 1. The van der Waals surface area contributed by atoms with E-state index >= 15 is 0 Å². The molecule has 0 saturated heterocycles. The van der Waals surface area contributed by atoms with Gasteiger partial charge in [0.2, 0.25) is 0 Å². The number of hydrogen-bond acceptors (Lipinski definition) is 1. The van der Waals surface area contributed by atoms with Crippen molar-refractivity contribution in [3.63, 3.8) is 0 Å². The van der Waals surface area contributed by atoms with E-state index in [9.17, 15) is 0 Å². The summed E-state index contributed by atoms with van der Waals surface area (Å²) in [6.07, 6.45) is 5.58. The second-order valence-corrected chi connectivity index (χ2v) is 11.2. The molecule has 0 aliphatic heterocycles. The van der Waals surface area contributed by atoms with Crippen LogP contribution in [0.3, 0.4) is 0 Å². The molecule has 0 N–H and O–H groups in total. The Kier molecular flexibility index (Phi) is 5.02. The molecule has 0 saturated carbocycles. The van der Waals surface area contributed by atoms with Gasteiger partial charge in [-0.1, -0.05) is 0 Å². The van der Waals surface area contributed by atoms with Crippen LogP contribution in [0.2, 0.25) is 0 Å². The molecule has 0 radical (unpaired) electrons. The zero-order chi connectivity index (χ0) is 19.6. The minimum atomic E-state index is 0.324. The second-order valence-electron chi connectivity index (χ2n) is 6.65. The first-order chi connectivity index (χ1) is 14.3. The quantitative estimate of drug-likeness (QED) is 0.214. The second kappa shape index (κ2) is 7.96. The topological polar surface area (TPSA) is 3.24 Å². The maximum atomic E-state index is 5.58. The molecule has 0 unspecified atom stereocenters. The van der Waals surface area contributed by atoms with Gasteiger partial charge < -0.3 is 0 Å². The van der Waals surface area contributed by atoms with Gasteiger partial charge in [0.05, 0.1) is 0 Å². The van der Waals surface area contributed by atoms with Crippen molar-refractivity contribution in [1.29, 1.82) is 0 Å². The molecule has 2 aromatic heterocycles. The number of para-hydroxylation sites is 2. The molecule has 3 aromatic carbocycles. The monoisotopic (exact) mass is 503 g/mol. The van der Waals surface area contributed by atoms with Crippen LogP contribution in [0.5, 0.6) is 0 Å². The molecular formula is C26H17NSe2. The van der Waals surface area contributed by atoms with Gasteiger partial charge in [-0.25, -0.2) is 0 Å². The van der Waals surface area contributed by atoms with Crippen LogP contribution < -0.4 is 4.90 Å². The van der Waals surface area contributed by atoms with Crippen LogP contribution in [0.15, 0.2) is 97.1 Å². The fourth-order valence-electron chi connectivity index (χ4n) is 3.43. The third-order valence-corrected chi connectivity index (χ3v) is 9.94. The summed E-state index contributed by atoms with van der Waals surface area (Å²) in [5.74, 6) is 2.82. The summed E-state index contributed by atoms with van der Waals surface area (Å²) in [4.78, 5) is 2.29. The Morgan fingerprint density at radius 3 is 1.72 bits per heavy atom. The molecule has 0 spiro atoms. The van der Waals surface area contributed by atoms with Gasteiger partial charge in [-0.05, 0) is 0 Å². The average Bonchev–Trinajstić information content (AvgIpc) is 3.35. The van der Waals surface area contributed by atoms with Gasteiger partial charge in [0.1, 0.15) is 0 Å². The van der Waals surface area contributed by atoms with Gasteiger partial charge in [0.15, 0.2) is 0 Å². The van der Waals surface area contributed by atoms with Gasteiger partial charge >= 0.3 is 183 Å². The Bertz CT molecular complexity index is 1220. The van der Waals surface area contributed by atoms with E-state index in [1.165, 1.54) is 23.0 Å². The molecule has 5 rings (SSSR count). The number of anilines is 3. The van der Waals surface area contributed by atoms with Crippen LogP contribution in [0.4, 0.5) is 17.1 Å². The first kappa shape index (κ1) is 18.3. The molecule has 1 nitrogen and oxygen atoms in total. The first-order valence-corrected chi connectivity index (χ1v) is 12.7. The first-order valence-electron chi connectivity index (χ1n) is 9.32. The summed E-state index contributed by atoms with van der Waals surface area (Å²) >= 11 is 0.681. The van der Waals surface area contributed by atoms with E-state index in [1.807, 2.05) is 0 Å². The summed E-state index contributed by atoms with van der Waals surface area (Å²) < 4.78 is 5.57. The molecule has 0 bridgehead atoms. The number of rotatable bonds is 4. The van der Waals surface area contributed by atoms with E-state index in [-0.39, 0.29) is 0 Å². The van der Waals surface area contributed by atoms with Crippen molar-refractivity contribution >= 4 is 54.6 Å². The van der Waals surface area contributed by atoms with Gasteiger partial charge in [-0.15, -0.1) is 0 Å². The molecule has 0 aliphatic carbocycles. The Balaban J connectivity index is 1.52. The molecule has 0 aliphatic rings. The van der Waals surface area contributed by atoms with E-state index in [0.29, 0.717) is 29.0 Å². The number of nitrogens with zero attached hydrogens (tertiary/aromatic N) is 1. The Hall–Kier alpha value is -2.72. The van der Waals surface area contributed by atoms with Crippen LogP contribution in [-0.2, 0) is 0 Å². The number of terminal acetylenes is 1.